The lowest BCUT2D eigenvalue weighted by Crippen LogP contribution is -2.45. The van der Waals surface area contributed by atoms with Crippen LogP contribution in [0, 0.1) is 0 Å². The van der Waals surface area contributed by atoms with Crippen LogP contribution in [0.5, 0.6) is 0 Å². The molecule has 0 heterocycles. The molecule has 84 valence electrons. The van der Waals surface area contributed by atoms with Gasteiger partial charge in [-0.15, -0.1) is 11.6 Å². The van der Waals surface area contributed by atoms with E-state index in [4.69, 9.17) is 16.0 Å². The summed E-state index contributed by atoms with van der Waals surface area (Å²) in [5.74, 6) is 0.409. The Morgan fingerprint density at radius 3 is 2.29 bits per heavy atom. The second-order valence-electron chi connectivity index (χ2n) is 4.77. The highest BCUT2D eigenvalue weighted by Crippen LogP contribution is 2.36. The zero-order valence-electron chi connectivity index (χ0n) is 9.61. The third kappa shape index (κ3) is 4.33. The molecule has 0 atom stereocenters. The predicted octanol–water partition coefficient (Wildman–Crippen LogP) is 2.96. The predicted molar refractivity (Wildman–Crippen MR) is 62.4 cm³/mol. The molecule has 0 fully saturated rings. The van der Waals surface area contributed by atoms with E-state index < -0.39 is 8.32 Å². The van der Waals surface area contributed by atoms with Crippen LogP contribution in [0.15, 0.2) is 0 Å². The number of rotatable bonds is 3. The van der Waals surface area contributed by atoms with Gasteiger partial charge in [0.2, 0.25) is 0 Å². The molecular formula is C9H20ClNO2Si. The van der Waals surface area contributed by atoms with Gasteiger partial charge in [0.15, 0.2) is 0 Å². The van der Waals surface area contributed by atoms with Gasteiger partial charge in [0, 0.05) is 12.4 Å². The van der Waals surface area contributed by atoms with Crippen molar-refractivity contribution in [2.75, 3.05) is 12.4 Å². The fourth-order valence-electron chi connectivity index (χ4n) is 0.570. The molecule has 0 saturated heterocycles. The van der Waals surface area contributed by atoms with E-state index in [2.05, 4.69) is 26.1 Å². The van der Waals surface area contributed by atoms with Crippen molar-refractivity contribution in [1.29, 1.82) is 0 Å². The Balaban J connectivity index is 4.16. The molecule has 0 spiro atoms. The molecule has 0 saturated carbocycles. The van der Waals surface area contributed by atoms with Crippen molar-refractivity contribution in [3.05, 3.63) is 0 Å². The molecule has 0 aliphatic carbocycles. The van der Waals surface area contributed by atoms with E-state index in [1.54, 1.807) is 0 Å². The van der Waals surface area contributed by atoms with Crippen molar-refractivity contribution in [2.24, 2.45) is 0 Å². The van der Waals surface area contributed by atoms with Gasteiger partial charge >= 0.3 is 6.09 Å². The molecule has 0 aliphatic heterocycles. The summed E-state index contributed by atoms with van der Waals surface area (Å²) in [6.07, 6.45) is -0.350. The van der Waals surface area contributed by atoms with Gasteiger partial charge in [-0.25, -0.2) is 4.79 Å². The van der Waals surface area contributed by atoms with E-state index >= 15 is 0 Å². The molecule has 0 aliphatic rings. The first-order valence-electron chi connectivity index (χ1n) is 4.73. The Kier molecular flexibility index (Phi) is 4.95. The first-order valence-corrected chi connectivity index (χ1v) is 8.18. The number of carbonyl (C=O) groups excluding carboxylic acids is 1. The average molecular weight is 238 g/mol. The van der Waals surface area contributed by atoms with E-state index in [0.717, 1.165) is 0 Å². The van der Waals surface area contributed by atoms with Gasteiger partial charge in [0.05, 0.1) is 0 Å². The molecule has 0 bridgehead atoms. The van der Waals surface area contributed by atoms with Gasteiger partial charge in [-0.3, -0.25) is 0 Å². The molecule has 0 radical (unpaired) electrons. The average Bonchev–Trinajstić information content (AvgIpc) is 1.97. The van der Waals surface area contributed by atoms with Gasteiger partial charge in [-0.1, -0.05) is 20.8 Å². The summed E-state index contributed by atoms with van der Waals surface area (Å²) < 4.78 is 5.43. The van der Waals surface area contributed by atoms with E-state index in [9.17, 15) is 4.79 Å². The number of carbonyl (C=O) groups is 1. The highest BCUT2D eigenvalue weighted by atomic mass is 35.5. The summed E-state index contributed by atoms with van der Waals surface area (Å²) in [6, 6.07) is 0. The monoisotopic (exact) mass is 237 g/mol. The number of nitrogens with one attached hydrogen (secondary N) is 1. The Labute approximate surface area is 92.3 Å². The van der Waals surface area contributed by atoms with Crippen LogP contribution in [0.2, 0.25) is 18.1 Å². The summed E-state index contributed by atoms with van der Waals surface area (Å²) in [6.45, 7) is 10.8. The molecule has 1 N–H and O–H groups in total. The standard InChI is InChI=1S/C9H20ClNO2Si/c1-9(2,3)14(4,5)13-8(12)11-7-6-10/h6-7H2,1-5H3,(H,11,12). The maximum Gasteiger partial charge on any atom is 0.393 e. The number of amides is 1. The number of halogens is 1. The minimum absolute atomic E-state index is 0.0469. The lowest BCUT2D eigenvalue weighted by atomic mass is 10.2. The summed E-state index contributed by atoms with van der Waals surface area (Å²) in [7, 11) is -1.97. The smallest absolute Gasteiger partial charge is 0.393 e. The lowest BCUT2D eigenvalue weighted by molar-refractivity contribution is 0.196. The largest absolute Gasteiger partial charge is 0.504 e. The minimum Gasteiger partial charge on any atom is -0.504 e. The van der Waals surface area contributed by atoms with Crippen LogP contribution in [-0.2, 0) is 4.43 Å². The van der Waals surface area contributed by atoms with Gasteiger partial charge in [-0.05, 0) is 18.1 Å². The summed E-state index contributed by atoms with van der Waals surface area (Å²) in [4.78, 5) is 11.3. The summed E-state index contributed by atoms with van der Waals surface area (Å²) in [5, 5.41) is 2.65. The summed E-state index contributed by atoms with van der Waals surface area (Å²) >= 11 is 5.45. The first-order chi connectivity index (χ1) is 6.20. The maximum absolute atomic E-state index is 11.3. The van der Waals surface area contributed by atoms with E-state index in [0.29, 0.717) is 12.4 Å². The van der Waals surface area contributed by atoms with Crippen molar-refractivity contribution < 1.29 is 9.22 Å². The van der Waals surface area contributed by atoms with E-state index in [1.165, 1.54) is 0 Å². The Bertz CT molecular complexity index is 201. The van der Waals surface area contributed by atoms with Crippen molar-refractivity contribution in [3.8, 4) is 0 Å². The van der Waals surface area contributed by atoms with Crippen molar-refractivity contribution in [2.45, 2.75) is 38.9 Å². The van der Waals surface area contributed by atoms with Crippen molar-refractivity contribution in [3.63, 3.8) is 0 Å². The second kappa shape index (κ2) is 5.03. The highest BCUT2D eigenvalue weighted by Gasteiger charge is 2.40. The van der Waals surface area contributed by atoms with Gasteiger partial charge in [0.1, 0.15) is 0 Å². The topological polar surface area (TPSA) is 38.3 Å². The van der Waals surface area contributed by atoms with Gasteiger partial charge < -0.3 is 9.74 Å². The molecule has 1 amide bonds. The summed E-state index contributed by atoms with van der Waals surface area (Å²) in [5.41, 5.74) is 0. The molecule has 3 nitrogen and oxygen atoms in total. The number of hydrogen-bond acceptors (Lipinski definition) is 2. The molecular weight excluding hydrogens is 218 g/mol. The third-order valence-corrected chi connectivity index (χ3v) is 7.01. The molecule has 0 rings (SSSR count). The number of hydrogen-bond donors (Lipinski definition) is 1. The third-order valence-electron chi connectivity index (χ3n) is 2.52. The second-order valence-corrected chi connectivity index (χ2v) is 9.87. The fraction of sp³-hybridized carbons (Fsp3) is 0.889. The van der Waals surface area contributed by atoms with Crippen LogP contribution in [0.1, 0.15) is 20.8 Å². The Hall–Kier alpha value is -0.223. The van der Waals surface area contributed by atoms with Crippen LogP contribution < -0.4 is 5.32 Å². The molecule has 14 heavy (non-hydrogen) atoms. The van der Waals surface area contributed by atoms with Crippen molar-refractivity contribution >= 4 is 26.0 Å². The van der Waals surface area contributed by atoms with Crippen LogP contribution in [0.3, 0.4) is 0 Å². The highest BCUT2D eigenvalue weighted by molar-refractivity contribution is 6.75. The van der Waals surface area contributed by atoms with Crippen LogP contribution in [-0.4, -0.2) is 26.8 Å². The van der Waals surface area contributed by atoms with E-state index in [-0.39, 0.29) is 11.1 Å². The lowest BCUT2D eigenvalue weighted by Gasteiger charge is -2.35. The quantitative estimate of drug-likeness (QED) is 0.606. The van der Waals surface area contributed by atoms with Gasteiger partial charge in [-0.2, -0.15) is 0 Å². The fourth-order valence-corrected chi connectivity index (χ4v) is 1.51. The molecule has 5 heteroatoms. The van der Waals surface area contributed by atoms with E-state index in [1.807, 2.05) is 13.1 Å². The minimum atomic E-state index is -1.97. The molecule has 0 aromatic heterocycles. The molecule has 0 unspecified atom stereocenters. The van der Waals surface area contributed by atoms with Crippen LogP contribution in [0.4, 0.5) is 4.79 Å². The SMILES string of the molecule is CC(C)(C)[Si](C)(C)OC(=O)NCCCl. The van der Waals surface area contributed by atoms with Crippen molar-refractivity contribution in [1.82, 2.24) is 5.32 Å². The Morgan fingerprint density at radius 2 is 1.93 bits per heavy atom. The van der Waals surface area contributed by atoms with Crippen LogP contribution in [0.25, 0.3) is 0 Å². The van der Waals surface area contributed by atoms with Crippen LogP contribution >= 0.6 is 11.6 Å². The zero-order valence-corrected chi connectivity index (χ0v) is 11.4. The molecule has 0 aromatic carbocycles. The number of alkyl halides is 1. The van der Waals surface area contributed by atoms with Gasteiger partial charge in [0.25, 0.3) is 8.32 Å². The normalized spacial score (nSPS) is 12.4. The maximum atomic E-state index is 11.3. The zero-order chi connectivity index (χ0) is 11.4. The molecule has 0 aromatic rings. The Morgan fingerprint density at radius 1 is 1.43 bits per heavy atom. The first kappa shape index (κ1) is 13.8.